The minimum absolute atomic E-state index is 0.00852. The van der Waals surface area contributed by atoms with Gasteiger partial charge in [0.15, 0.2) is 11.6 Å². The number of amides is 1. The molecular weight excluding hydrogens is 397 g/mol. The topological polar surface area (TPSA) is 71.4 Å². The van der Waals surface area contributed by atoms with Gasteiger partial charge in [-0.15, -0.1) is 0 Å². The first-order valence-electron chi connectivity index (χ1n) is 11.1. The van der Waals surface area contributed by atoms with Crippen LogP contribution in [0.15, 0.2) is 36.5 Å². The monoisotopic (exact) mass is 425 g/mol. The quantitative estimate of drug-likeness (QED) is 0.546. The minimum atomic E-state index is -0.324. The molecule has 31 heavy (non-hydrogen) atoms. The Hall–Kier alpha value is -2.80. The Kier molecular flexibility index (Phi) is 6.61. The average Bonchev–Trinajstić information content (AvgIpc) is 3.15. The average molecular weight is 426 g/mol. The highest BCUT2D eigenvalue weighted by Gasteiger charge is 2.26. The summed E-state index contributed by atoms with van der Waals surface area (Å²) >= 11 is 0. The second-order valence-electron chi connectivity index (χ2n) is 8.39. The van der Waals surface area contributed by atoms with Crippen molar-refractivity contribution in [3.05, 3.63) is 59.2 Å². The van der Waals surface area contributed by atoms with Crippen molar-refractivity contribution in [2.24, 2.45) is 5.92 Å². The number of hydrogen-bond acceptors (Lipinski definition) is 4. The second-order valence-corrected chi connectivity index (χ2v) is 8.39. The lowest BCUT2D eigenvalue weighted by Crippen LogP contribution is -2.37. The fourth-order valence-electron chi connectivity index (χ4n) is 4.54. The first-order valence-corrected chi connectivity index (χ1v) is 11.1. The number of hydrogen-bond donors (Lipinski definition) is 1. The zero-order chi connectivity index (χ0) is 21.8. The zero-order valence-electron chi connectivity index (χ0n) is 17.6. The van der Waals surface area contributed by atoms with E-state index in [1.165, 1.54) is 12.1 Å². The van der Waals surface area contributed by atoms with E-state index in [0.717, 1.165) is 45.3 Å². The van der Waals surface area contributed by atoms with Gasteiger partial charge in [-0.25, -0.2) is 4.39 Å². The van der Waals surface area contributed by atoms with E-state index in [1.54, 1.807) is 18.2 Å². The van der Waals surface area contributed by atoms with E-state index in [4.69, 9.17) is 0 Å². The molecule has 0 bridgehead atoms. The van der Waals surface area contributed by atoms with Crippen LogP contribution in [-0.4, -0.2) is 53.1 Å². The lowest BCUT2D eigenvalue weighted by atomic mass is 9.89. The van der Waals surface area contributed by atoms with E-state index in [1.807, 2.05) is 10.8 Å². The highest BCUT2D eigenvalue weighted by molar-refractivity contribution is 6.08. The molecule has 1 saturated heterocycles. The summed E-state index contributed by atoms with van der Waals surface area (Å²) in [6, 6.07) is 7.55. The van der Waals surface area contributed by atoms with Crippen molar-refractivity contribution < 1.29 is 18.8 Å². The largest absolute Gasteiger partial charge is 0.352 e. The Labute approximate surface area is 181 Å². The van der Waals surface area contributed by atoms with Gasteiger partial charge in [0.1, 0.15) is 5.82 Å². The molecule has 1 aromatic carbocycles. The smallest absolute Gasteiger partial charge is 0.253 e. The molecule has 1 N–H and O–H groups in total. The van der Waals surface area contributed by atoms with Gasteiger partial charge in [0.25, 0.3) is 5.91 Å². The summed E-state index contributed by atoms with van der Waals surface area (Å²) < 4.78 is 15.0. The van der Waals surface area contributed by atoms with Crippen LogP contribution in [0, 0.1) is 11.7 Å². The zero-order valence-corrected chi connectivity index (χ0v) is 17.6. The number of nitrogens with one attached hydrogen (secondary N) is 1. The van der Waals surface area contributed by atoms with Crippen LogP contribution in [0.4, 0.5) is 4.39 Å². The number of Topliss-reactive ketones (excluding diaryl/α,β-unsaturated/α-hetero) is 2. The van der Waals surface area contributed by atoms with Crippen molar-refractivity contribution in [2.75, 3.05) is 26.2 Å². The number of halogens is 1. The maximum atomic E-state index is 13.1. The fourth-order valence-corrected chi connectivity index (χ4v) is 4.54. The van der Waals surface area contributed by atoms with Crippen molar-refractivity contribution in [3.63, 3.8) is 0 Å². The van der Waals surface area contributed by atoms with Crippen LogP contribution in [0.5, 0.6) is 0 Å². The first kappa shape index (κ1) is 21.4. The molecule has 4 rings (SSSR count). The van der Waals surface area contributed by atoms with Crippen LogP contribution in [0.25, 0.3) is 0 Å². The number of carbonyl (C=O) groups excluding carboxylic acids is 3. The van der Waals surface area contributed by atoms with Gasteiger partial charge in [-0.05, 0) is 75.6 Å². The number of benzene rings is 1. The molecule has 0 atom stereocenters. The molecule has 1 amide bonds. The molecule has 2 aliphatic rings. The standard InChI is InChI=1S/C24H28FN3O3/c25-19-5-3-17(4-6-19)23(30)18-8-14-27(15-9-18)12-1-2-13-28-16-10-20-22(28)21(29)7-11-26-24(20)31/h3-6,10,16,18H,1-2,7-9,11-15H2,(H,26,31). The number of ketones is 2. The molecule has 0 saturated carbocycles. The van der Waals surface area contributed by atoms with Crippen molar-refractivity contribution in [1.29, 1.82) is 0 Å². The van der Waals surface area contributed by atoms with Crippen LogP contribution in [-0.2, 0) is 6.54 Å². The molecule has 3 heterocycles. The van der Waals surface area contributed by atoms with Crippen LogP contribution < -0.4 is 5.32 Å². The molecule has 6 nitrogen and oxygen atoms in total. The Balaban J connectivity index is 1.22. The fraction of sp³-hybridized carbons (Fsp3) is 0.458. The number of unbranched alkanes of at least 4 members (excludes halogenated alkanes) is 1. The number of nitrogens with zero attached hydrogens (tertiary/aromatic N) is 2. The third-order valence-corrected chi connectivity index (χ3v) is 6.32. The number of carbonyl (C=O) groups is 3. The Morgan fingerprint density at radius 2 is 1.74 bits per heavy atom. The van der Waals surface area contributed by atoms with E-state index < -0.39 is 0 Å². The Bertz CT molecular complexity index is 959. The van der Waals surface area contributed by atoms with Crippen molar-refractivity contribution in [2.45, 2.75) is 38.6 Å². The van der Waals surface area contributed by atoms with Gasteiger partial charge in [0.2, 0.25) is 0 Å². The summed E-state index contributed by atoms with van der Waals surface area (Å²) in [6.07, 6.45) is 5.73. The molecule has 1 aromatic heterocycles. The molecule has 0 unspecified atom stereocenters. The van der Waals surface area contributed by atoms with E-state index in [-0.39, 0.29) is 29.2 Å². The van der Waals surface area contributed by atoms with Crippen molar-refractivity contribution in [3.8, 4) is 0 Å². The normalized spacial score (nSPS) is 17.8. The highest BCUT2D eigenvalue weighted by atomic mass is 19.1. The highest BCUT2D eigenvalue weighted by Crippen LogP contribution is 2.23. The van der Waals surface area contributed by atoms with Crippen molar-refractivity contribution >= 4 is 17.5 Å². The van der Waals surface area contributed by atoms with Crippen molar-refractivity contribution in [1.82, 2.24) is 14.8 Å². The summed E-state index contributed by atoms with van der Waals surface area (Å²) in [5.74, 6) is -0.352. The second kappa shape index (κ2) is 9.56. The third kappa shape index (κ3) is 4.93. The van der Waals surface area contributed by atoms with E-state index >= 15 is 0 Å². The minimum Gasteiger partial charge on any atom is -0.352 e. The van der Waals surface area contributed by atoms with Crippen LogP contribution in [0.1, 0.15) is 63.3 Å². The SMILES string of the molecule is O=C1NCCC(=O)c2c1ccn2CCCCN1CCC(C(=O)c2ccc(F)cc2)CC1. The van der Waals surface area contributed by atoms with Gasteiger partial charge in [-0.1, -0.05) is 0 Å². The predicted molar refractivity (Wildman–Crippen MR) is 115 cm³/mol. The molecule has 2 aromatic rings. The van der Waals surface area contributed by atoms with E-state index in [9.17, 15) is 18.8 Å². The van der Waals surface area contributed by atoms with Gasteiger partial charge in [-0.3, -0.25) is 14.4 Å². The predicted octanol–water partition coefficient (Wildman–Crippen LogP) is 3.32. The molecule has 0 radical (unpaired) electrons. The lowest BCUT2D eigenvalue weighted by Gasteiger charge is -2.31. The molecule has 164 valence electrons. The number of likely N-dealkylation sites (tertiary alicyclic amines) is 1. The Morgan fingerprint density at radius 1 is 1.03 bits per heavy atom. The number of fused-ring (bicyclic) bond motifs is 1. The van der Waals surface area contributed by atoms with Gasteiger partial charge in [-0.2, -0.15) is 0 Å². The summed E-state index contributed by atoms with van der Waals surface area (Å²) in [7, 11) is 0. The molecule has 2 aliphatic heterocycles. The van der Waals surface area contributed by atoms with Crippen LogP contribution in [0.2, 0.25) is 0 Å². The summed E-state index contributed by atoms with van der Waals surface area (Å²) in [5.41, 5.74) is 1.61. The Morgan fingerprint density at radius 3 is 2.48 bits per heavy atom. The molecule has 1 fully saturated rings. The summed E-state index contributed by atoms with van der Waals surface area (Å²) in [4.78, 5) is 39.4. The van der Waals surface area contributed by atoms with Gasteiger partial charge < -0.3 is 14.8 Å². The molecule has 0 aliphatic carbocycles. The molecule has 7 heteroatoms. The molecular formula is C24H28FN3O3. The van der Waals surface area contributed by atoms with Gasteiger partial charge in [0, 0.05) is 37.2 Å². The number of piperidine rings is 1. The lowest BCUT2D eigenvalue weighted by molar-refractivity contribution is 0.0837. The number of aromatic nitrogens is 1. The molecule has 0 spiro atoms. The number of rotatable bonds is 7. The number of aryl methyl sites for hydroxylation is 1. The maximum Gasteiger partial charge on any atom is 0.253 e. The van der Waals surface area contributed by atoms with Crippen LogP contribution >= 0.6 is 0 Å². The van der Waals surface area contributed by atoms with Gasteiger partial charge in [0.05, 0.1) is 11.3 Å². The van der Waals surface area contributed by atoms with Crippen LogP contribution in [0.3, 0.4) is 0 Å². The first-order chi connectivity index (χ1) is 15.0. The van der Waals surface area contributed by atoms with E-state index in [2.05, 4.69) is 10.2 Å². The van der Waals surface area contributed by atoms with Gasteiger partial charge >= 0.3 is 0 Å². The summed E-state index contributed by atoms with van der Waals surface area (Å²) in [5, 5.41) is 2.76. The third-order valence-electron chi connectivity index (χ3n) is 6.32. The maximum absolute atomic E-state index is 13.1. The van der Waals surface area contributed by atoms with E-state index in [0.29, 0.717) is 36.3 Å². The summed E-state index contributed by atoms with van der Waals surface area (Å²) in [6.45, 7) is 3.83.